The summed E-state index contributed by atoms with van der Waals surface area (Å²) in [5.74, 6) is 0.383. The average Bonchev–Trinajstić information content (AvgIpc) is 2.37. The van der Waals surface area contributed by atoms with Crippen LogP contribution in [0.5, 0.6) is 5.75 Å². The van der Waals surface area contributed by atoms with E-state index in [0.717, 1.165) is 0 Å². The van der Waals surface area contributed by atoms with Crippen molar-refractivity contribution in [3.05, 3.63) is 24.3 Å². The van der Waals surface area contributed by atoms with Crippen LogP contribution in [0, 0.1) is 0 Å². The molecule has 1 aromatic carbocycles. The first kappa shape index (κ1) is 14.0. The number of hydrogen-bond donors (Lipinski definition) is 1. The number of amides is 2. The molecule has 18 heavy (non-hydrogen) atoms. The van der Waals surface area contributed by atoms with Crippen LogP contribution < -0.4 is 10.1 Å². The van der Waals surface area contributed by atoms with Gasteiger partial charge in [-0.3, -0.25) is 9.59 Å². The monoisotopic (exact) mass is 250 g/mol. The zero-order valence-electron chi connectivity index (χ0n) is 10.9. The molecule has 5 heteroatoms. The minimum atomic E-state index is -0.229. The quantitative estimate of drug-likeness (QED) is 0.861. The van der Waals surface area contributed by atoms with Crippen LogP contribution in [0.25, 0.3) is 0 Å². The van der Waals surface area contributed by atoms with E-state index in [1.165, 1.54) is 4.90 Å². The predicted molar refractivity (Wildman–Crippen MR) is 69.6 cm³/mol. The van der Waals surface area contributed by atoms with Crippen molar-refractivity contribution < 1.29 is 14.3 Å². The molecule has 0 aliphatic rings. The Morgan fingerprint density at radius 3 is 2.72 bits per heavy atom. The molecule has 0 aliphatic carbocycles. The van der Waals surface area contributed by atoms with Crippen LogP contribution in [0.15, 0.2) is 24.3 Å². The number of hydrogen-bond acceptors (Lipinski definition) is 3. The second-order valence-electron chi connectivity index (χ2n) is 3.88. The molecule has 1 N–H and O–H groups in total. The number of likely N-dealkylation sites (N-methyl/N-ethyl adjacent to an activating group) is 1. The van der Waals surface area contributed by atoms with E-state index in [-0.39, 0.29) is 18.4 Å². The van der Waals surface area contributed by atoms with Gasteiger partial charge in [-0.2, -0.15) is 0 Å². The van der Waals surface area contributed by atoms with Gasteiger partial charge < -0.3 is 15.0 Å². The van der Waals surface area contributed by atoms with Crippen molar-refractivity contribution in [3.8, 4) is 5.75 Å². The first-order valence-electron chi connectivity index (χ1n) is 5.74. The lowest BCUT2D eigenvalue weighted by Crippen LogP contribution is -2.34. The maximum atomic E-state index is 11.7. The van der Waals surface area contributed by atoms with Gasteiger partial charge in [0.25, 0.3) is 0 Å². The zero-order chi connectivity index (χ0) is 13.5. The van der Waals surface area contributed by atoms with Gasteiger partial charge in [-0.25, -0.2) is 0 Å². The number of nitrogens with one attached hydrogen (secondary N) is 1. The van der Waals surface area contributed by atoms with Crippen LogP contribution in [0.4, 0.5) is 5.69 Å². The standard InChI is InChI=1S/C13H18N2O3/c1-4-13(17)15(2)9-12(16)14-10-6-5-7-11(8-10)18-3/h5-8H,4,9H2,1-3H3,(H,14,16). The average molecular weight is 250 g/mol. The largest absolute Gasteiger partial charge is 0.497 e. The van der Waals surface area contributed by atoms with Gasteiger partial charge in [0.1, 0.15) is 5.75 Å². The number of rotatable bonds is 5. The molecule has 1 aromatic rings. The number of carbonyl (C=O) groups excluding carboxylic acids is 2. The maximum absolute atomic E-state index is 11.7. The van der Waals surface area contributed by atoms with Gasteiger partial charge in [-0.05, 0) is 12.1 Å². The number of benzene rings is 1. The van der Waals surface area contributed by atoms with Gasteiger partial charge in [0.15, 0.2) is 0 Å². The van der Waals surface area contributed by atoms with Crippen LogP contribution in [0.3, 0.4) is 0 Å². The van der Waals surface area contributed by atoms with Crippen molar-refractivity contribution in [3.63, 3.8) is 0 Å². The van der Waals surface area contributed by atoms with E-state index in [0.29, 0.717) is 17.9 Å². The summed E-state index contributed by atoms with van der Waals surface area (Å²) in [7, 11) is 3.17. The Morgan fingerprint density at radius 1 is 1.39 bits per heavy atom. The molecule has 0 radical (unpaired) electrons. The molecule has 0 fully saturated rings. The highest BCUT2D eigenvalue weighted by Crippen LogP contribution is 2.16. The van der Waals surface area contributed by atoms with E-state index in [9.17, 15) is 9.59 Å². The van der Waals surface area contributed by atoms with Crippen LogP contribution in [-0.4, -0.2) is 37.4 Å². The second kappa shape index (κ2) is 6.64. The fourth-order valence-corrected chi connectivity index (χ4v) is 1.47. The molecule has 5 nitrogen and oxygen atoms in total. The van der Waals surface area contributed by atoms with Crippen LogP contribution >= 0.6 is 0 Å². The highest BCUT2D eigenvalue weighted by Gasteiger charge is 2.11. The van der Waals surface area contributed by atoms with Gasteiger partial charge in [0, 0.05) is 25.2 Å². The molecular weight excluding hydrogens is 232 g/mol. The Morgan fingerprint density at radius 2 is 2.11 bits per heavy atom. The highest BCUT2D eigenvalue weighted by atomic mass is 16.5. The van der Waals surface area contributed by atoms with Crippen molar-refractivity contribution >= 4 is 17.5 Å². The van der Waals surface area contributed by atoms with Crippen LogP contribution in [0.2, 0.25) is 0 Å². The second-order valence-corrected chi connectivity index (χ2v) is 3.88. The van der Waals surface area contributed by atoms with E-state index in [4.69, 9.17) is 4.74 Å². The first-order chi connectivity index (χ1) is 8.56. The summed E-state index contributed by atoms with van der Waals surface area (Å²) in [5, 5.41) is 2.71. The Kier molecular flexibility index (Phi) is 5.17. The minimum absolute atomic E-state index is 0.0455. The molecule has 0 unspecified atom stereocenters. The molecule has 0 bridgehead atoms. The van der Waals surface area contributed by atoms with Crippen molar-refractivity contribution in [2.24, 2.45) is 0 Å². The summed E-state index contributed by atoms with van der Waals surface area (Å²) in [6, 6.07) is 7.07. The number of methoxy groups -OCH3 is 1. The lowest BCUT2D eigenvalue weighted by atomic mass is 10.3. The molecule has 0 spiro atoms. The van der Waals surface area contributed by atoms with E-state index < -0.39 is 0 Å². The van der Waals surface area contributed by atoms with Crippen LogP contribution in [-0.2, 0) is 9.59 Å². The Hall–Kier alpha value is -2.04. The number of nitrogens with zero attached hydrogens (tertiary/aromatic N) is 1. The van der Waals surface area contributed by atoms with Crippen molar-refractivity contribution in [1.82, 2.24) is 4.90 Å². The van der Waals surface area contributed by atoms with E-state index >= 15 is 0 Å². The third-order valence-corrected chi connectivity index (χ3v) is 2.46. The molecule has 1 rings (SSSR count). The zero-order valence-corrected chi connectivity index (χ0v) is 10.9. The Bertz CT molecular complexity index is 432. The normalized spacial score (nSPS) is 9.72. The van der Waals surface area contributed by atoms with Gasteiger partial charge in [0.05, 0.1) is 13.7 Å². The van der Waals surface area contributed by atoms with Crippen molar-refractivity contribution in [1.29, 1.82) is 0 Å². The number of carbonyl (C=O) groups is 2. The SMILES string of the molecule is CCC(=O)N(C)CC(=O)Nc1cccc(OC)c1. The van der Waals surface area contributed by atoms with Crippen molar-refractivity contribution in [2.45, 2.75) is 13.3 Å². The summed E-state index contributed by atoms with van der Waals surface area (Å²) in [4.78, 5) is 24.4. The maximum Gasteiger partial charge on any atom is 0.243 e. The van der Waals surface area contributed by atoms with E-state index in [1.54, 1.807) is 45.3 Å². The fourth-order valence-electron chi connectivity index (χ4n) is 1.47. The smallest absolute Gasteiger partial charge is 0.243 e. The summed E-state index contributed by atoms with van der Waals surface area (Å²) >= 11 is 0. The van der Waals surface area contributed by atoms with Crippen molar-refractivity contribution in [2.75, 3.05) is 26.0 Å². The first-order valence-corrected chi connectivity index (χ1v) is 5.74. The summed E-state index contributed by atoms with van der Waals surface area (Å²) in [6.07, 6.45) is 0.392. The number of anilines is 1. The predicted octanol–water partition coefficient (Wildman–Crippen LogP) is 1.50. The molecule has 0 aliphatic heterocycles. The van der Waals surface area contributed by atoms with E-state index in [1.807, 2.05) is 0 Å². The highest BCUT2D eigenvalue weighted by molar-refractivity contribution is 5.94. The van der Waals surface area contributed by atoms with Gasteiger partial charge in [0.2, 0.25) is 11.8 Å². The van der Waals surface area contributed by atoms with E-state index in [2.05, 4.69) is 5.32 Å². The lowest BCUT2D eigenvalue weighted by molar-refractivity contribution is -0.133. The molecule has 98 valence electrons. The Labute approximate surface area is 107 Å². The molecule has 0 aromatic heterocycles. The molecule has 2 amide bonds. The molecule has 0 heterocycles. The van der Waals surface area contributed by atoms with Gasteiger partial charge in [-0.15, -0.1) is 0 Å². The lowest BCUT2D eigenvalue weighted by Gasteiger charge is -2.15. The third kappa shape index (κ3) is 4.08. The molecule has 0 saturated carbocycles. The third-order valence-electron chi connectivity index (χ3n) is 2.46. The Balaban J connectivity index is 2.56. The van der Waals surface area contributed by atoms with Gasteiger partial charge in [-0.1, -0.05) is 13.0 Å². The fraction of sp³-hybridized carbons (Fsp3) is 0.385. The minimum Gasteiger partial charge on any atom is -0.497 e. The van der Waals surface area contributed by atoms with Gasteiger partial charge >= 0.3 is 0 Å². The van der Waals surface area contributed by atoms with Crippen LogP contribution in [0.1, 0.15) is 13.3 Å². The molecular formula is C13H18N2O3. The number of ether oxygens (including phenoxy) is 1. The molecule has 0 atom stereocenters. The summed E-state index contributed by atoms with van der Waals surface area (Å²) in [5.41, 5.74) is 0.650. The molecule has 0 saturated heterocycles. The summed E-state index contributed by atoms with van der Waals surface area (Å²) in [6.45, 7) is 1.81. The topological polar surface area (TPSA) is 58.6 Å². The summed E-state index contributed by atoms with van der Waals surface area (Å²) < 4.78 is 5.06.